The minimum atomic E-state index is 0.626. The Balaban J connectivity index is 1.93. The van der Waals surface area contributed by atoms with Gasteiger partial charge in [-0.15, -0.1) is 0 Å². The Labute approximate surface area is 121 Å². The normalized spacial score (nSPS) is 13.7. The van der Waals surface area contributed by atoms with Crippen LogP contribution in [0.4, 0.5) is 0 Å². The molecule has 4 aromatic rings. The van der Waals surface area contributed by atoms with Crippen LogP contribution in [0, 0.1) is 6.07 Å². The molecule has 4 heterocycles. The van der Waals surface area contributed by atoms with Crippen LogP contribution in [0.5, 0.6) is 0 Å². The predicted molar refractivity (Wildman–Crippen MR) is 82.9 cm³/mol. The summed E-state index contributed by atoms with van der Waals surface area (Å²) in [5.41, 5.74) is 5.58. The summed E-state index contributed by atoms with van der Waals surface area (Å²) in [6.45, 7) is 0.626. The molecular formula is C18H11N2O. The average Bonchev–Trinajstić information content (AvgIpc) is 2.87. The molecule has 0 amide bonds. The number of pyridine rings is 2. The van der Waals surface area contributed by atoms with Gasteiger partial charge >= 0.3 is 0 Å². The molecule has 0 aliphatic carbocycles. The highest BCUT2D eigenvalue weighted by Crippen LogP contribution is 2.28. The fourth-order valence-corrected chi connectivity index (χ4v) is 2.99. The molecule has 1 aromatic carbocycles. The minimum Gasteiger partial charge on any atom is -0.496 e. The Kier molecular flexibility index (Phi) is 2.00. The van der Waals surface area contributed by atoms with Gasteiger partial charge in [-0.25, -0.2) is 4.98 Å². The zero-order valence-corrected chi connectivity index (χ0v) is 11.2. The Morgan fingerprint density at radius 1 is 1.19 bits per heavy atom. The van der Waals surface area contributed by atoms with Crippen LogP contribution in [0.2, 0.25) is 0 Å². The molecule has 0 spiro atoms. The van der Waals surface area contributed by atoms with E-state index in [9.17, 15) is 0 Å². The van der Waals surface area contributed by atoms with Crippen molar-refractivity contribution in [2.24, 2.45) is 0 Å². The molecule has 0 bridgehead atoms. The third-order valence-electron chi connectivity index (χ3n) is 4.03. The van der Waals surface area contributed by atoms with Crippen molar-refractivity contribution in [1.29, 1.82) is 0 Å². The van der Waals surface area contributed by atoms with Gasteiger partial charge < -0.3 is 9.14 Å². The fourth-order valence-electron chi connectivity index (χ4n) is 2.99. The molecule has 5 rings (SSSR count). The minimum absolute atomic E-state index is 0.626. The van der Waals surface area contributed by atoms with Crippen LogP contribution in [0.1, 0.15) is 11.1 Å². The van der Waals surface area contributed by atoms with E-state index >= 15 is 0 Å². The monoisotopic (exact) mass is 271 g/mol. The molecule has 0 atom stereocenters. The van der Waals surface area contributed by atoms with Gasteiger partial charge in [-0.3, -0.25) is 0 Å². The fraction of sp³-hybridized carbons (Fsp3) is 0.0556. The van der Waals surface area contributed by atoms with E-state index in [0.29, 0.717) is 6.61 Å². The van der Waals surface area contributed by atoms with Crippen LogP contribution in [0.25, 0.3) is 33.4 Å². The van der Waals surface area contributed by atoms with Crippen molar-refractivity contribution in [3.8, 4) is 0 Å². The molecule has 1 radical (unpaired) electrons. The number of benzene rings is 1. The molecule has 0 saturated carbocycles. The third-order valence-corrected chi connectivity index (χ3v) is 4.03. The Hall–Kier alpha value is -2.81. The van der Waals surface area contributed by atoms with E-state index < -0.39 is 0 Å². The van der Waals surface area contributed by atoms with E-state index in [4.69, 9.17) is 9.72 Å². The zero-order chi connectivity index (χ0) is 13.8. The predicted octanol–water partition coefficient (Wildman–Crippen LogP) is 3.94. The molecule has 3 heteroatoms. The van der Waals surface area contributed by atoms with Crippen LogP contribution in [-0.4, -0.2) is 9.38 Å². The second-order valence-corrected chi connectivity index (χ2v) is 5.33. The number of nitrogens with zero attached hydrogens (tertiary/aromatic N) is 2. The van der Waals surface area contributed by atoms with Gasteiger partial charge in [-0.1, -0.05) is 6.07 Å². The number of rotatable bonds is 0. The van der Waals surface area contributed by atoms with Gasteiger partial charge in [0.15, 0.2) is 0 Å². The second-order valence-electron chi connectivity index (χ2n) is 5.33. The van der Waals surface area contributed by atoms with Gasteiger partial charge in [-0.05, 0) is 42.0 Å². The highest BCUT2D eigenvalue weighted by molar-refractivity contribution is 6.01. The molecule has 1 aliphatic rings. The Bertz CT molecular complexity index is 1040. The highest BCUT2D eigenvalue weighted by Gasteiger charge is 2.11. The van der Waals surface area contributed by atoms with Gasteiger partial charge in [0.05, 0.1) is 22.8 Å². The molecular weight excluding hydrogens is 260 g/mol. The first-order valence-electron chi connectivity index (χ1n) is 6.91. The van der Waals surface area contributed by atoms with Crippen LogP contribution in [0.15, 0.2) is 49.0 Å². The molecule has 3 nitrogen and oxygen atoms in total. The van der Waals surface area contributed by atoms with Gasteiger partial charge in [0.2, 0.25) is 0 Å². The van der Waals surface area contributed by atoms with Crippen LogP contribution in [0.3, 0.4) is 0 Å². The summed E-state index contributed by atoms with van der Waals surface area (Å²) in [7, 11) is 0. The van der Waals surface area contributed by atoms with E-state index in [1.165, 1.54) is 11.1 Å². The van der Waals surface area contributed by atoms with Gasteiger partial charge in [0.25, 0.3) is 0 Å². The zero-order valence-electron chi connectivity index (χ0n) is 11.2. The van der Waals surface area contributed by atoms with Gasteiger partial charge in [0, 0.05) is 28.7 Å². The van der Waals surface area contributed by atoms with Crippen molar-refractivity contribution in [1.82, 2.24) is 9.38 Å². The Morgan fingerprint density at radius 3 is 3.19 bits per heavy atom. The van der Waals surface area contributed by atoms with Crippen molar-refractivity contribution in [3.63, 3.8) is 0 Å². The molecule has 0 fully saturated rings. The molecule has 0 saturated heterocycles. The van der Waals surface area contributed by atoms with Gasteiger partial charge in [0.1, 0.15) is 6.61 Å². The number of aromatic nitrogens is 2. The summed E-state index contributed by atoms with van der Waals surface area (Å²) in [5.74, 6) is 0. The van der Waals surface area contributed by atoms with E-state index in [1.54, 1.807) is 6.26 Å². The SMILES string of the molecule is [c]1ccc2nc3c(cc2c1)cn1cc2c(cc31)C=COC2. The smallest absolute Gasteiger partial charge is 0.114 e. The molecule has 0 unspecified atom stereocenters. The number of hydrogen-bond donors (Lipinski definition) is 0. The summed E-state index contributed by atoms with van der Waals surface area (Å²) in [5, 5.41) is 2.27. The number of fused-ring (bicyclic) bond motifs is 5. The standard InChI is InChI=1S/C18H11N2O/c1-2-4-16-13(3-1)7-14-9-20-10-15-11-21-6-5-12(15)8-17(20)18(14)19-16/h2-10H,11H2. The van der Waals surface area contributed by atoms with E-state index in [1.807, 2.05) is 24.3 Å². The highest BCUT2D eigenvalue weighted by atomic mass is 16.5. The maximum atomic E-state index is 5.37. The largest absolute Gasteiger partial charge is 0.496 e. The molecule has 99 valence electrons. The average molecular weight is 271 g/mol. The van der Waals surface area contributed by atoms with Gasteiger partial charge in [-0.2, -0.15) is 0 Å². The van der Waals surface area contributed by atoms with E-state index in [0.717, 1.165) is 27.3 Å². The lowest BCUT2D eigenvalue weighted by Gasteiger charge is -2.12. The van der Waals surface area contributed by atoms with Crippen molar-refractivity contribution >= 4 is 33.4 Å². The molecule has 21 heavy (non-hydrogen) atoms. The summed E-state index contributed by atoms with van der Waals surface area (Å²) in [4.78, 5) is 4.82. The number of hydrogen-bond acceptors (Lipinski definition) is 2. The lowest BCUT2D eigenvalue weighted by atomic mass is 10.1. The third kappa shape index (κ3) is 1.51. The maximum Gasteiger partial charge on any atom is 0.114 e. The summed E-state index contributed by atoms with van der Waals surface area (Å²) < 4.78 is 7.51. The second kappa shape index (κ2) is 3.85. The van der Waals surface area contributed by atoms with E-state index in [2.05, 4.69) is 35.0 Å². The first kappa shape index (κ1) is 10.9. The quantitative estimate of drug-likeness (QED) is 0.484. The van der Waals surface area contributed by atoms with Crippen LogP contribution >= 0.6 is 0 Å². The lowest BCUT2D eigenvalue weighted by molar-refractivity contribution is 0.234. The van der Waals surface area contributed by atoms with Crippen molar-refractivity contribution in [3.05, 3.63) is 66.2 Å². The van der Waals surface area contributed by atoms with Crippen molar-refractivity contribution < 1.29 is 4.74 Å². The molecule has 1 aliphatic heterocycles. The van der Waals surface area contributed by atoms with Crippen molar-refractivity contribution in [2.75, 3.05) is 0 Å². The summed E-state index contributed by atoms with van der Waals surface area (Å²) in [6.07, 6.45) is 8.02. The summed E-state index contributed by atoms with van der Waals surface area (Å²) in [6, 6.07) is 13.4. The van der Waals surface area contributed by atoms with Crippen LogP contribution in [-0.2, 0) is 11.3 Å². The van der Waals surface area contributed by atoms with Crippen LogP contribution < -0.4 is 0 Å². The van der Waals surface area contributed by atoms with Crippen molar-refractivity contribution in [2.45, 2.75) is 6.61 Å². The first-order chi connectivity index (χ1) is 10.4. The summed E-state index contributed by atoms with van der Waals surface area (Å²) >= 11 is 0. The number of ether oxygens (including phenoxy) is 1. The van der Waals surface area contributed by atoms with E-state index in [-0.39, 0.29) is 0 Å². The first-order valence-corrected chi connectivity index (χ1v) is 6.91. The molecule has 0 N–H and O–H groups in total. The Morgan fingerprint density at radius 2 is 2.19 bits per heavy atom. The lowest BCUT2D eigenvalue weighted by Crippen LogP contribution is -1.98. The molecule has 3 aromatic heterocycles. The topological polar surface area (TPSA) is 26.5 Å². The maximum absolute atomic E-state index is 5.37.